The Balaban J connectivity index is 2.47. The van der Waals surface area contributed by atoms with Crippen LogP contribution in [-0.2, 0) is 0 Å². The standard InChI is InChI=1S/C12H14BrNO/c1-8(4-5-15)11-7-14-12-3-2-9(13)6-10(11)12/h2-3,6-8,14-15H,4-5H2,1H3/t8-/m1/s1. The summed E-state index contributed by atoms with van der Waals surface area (Å²) in [6.07, 6.45) is 2.84. The van der Waals surface area contributed by atoms with Gasteiger partial charge in [-0.3, -0.25) is 0 Å². The number of aliphatic hydroxyl groups excluding tert-OH is 1. The van der Waals surface area contributed by atoms with Gasteiger partial charge in [-0.25, -0.2) is 0 Å². The third kappa shape index (κ3) is 2.08. The molecular formula is C12H14BrNO. The van der Waals surface area contributed by atoms with Gasteiger partial charge in [-0.1, -0.05) is 22.9 Å². The smallest absolute Gasteiger partial charge is 0.0457 e. The molecule has 2 nitrogen and oxygen atoms in total. The van der Waals surface area contributed by atoms with E-state index in [0.717, 1.165) is 16.4 Å². The van der Waals surface area contributed by atoms with E-state index in [0.29, 0.717) is 5.92 Å². The van der Waals surface area contributed by atoms with Crippen LogP contribution in [0.2, 0.25) is 0 Å². The van der Waals surface area contributed by atoms with Crippen LogP contribution in [0.25, 0.3) is 10.9 Å². The van der Waals surface area contributed by atoms with E-state index in [4.69, 9.17) is 5.11 Å². The Kier molecular flexibility index (Phi) is 3.12. The van der Waals surface area contributed by atoms with Crippen molar-refractivity contribution in [2.24, 2.45) is 0 Å². The maximum absolute atomic E-state index is 8.94. The molecule has 0 bridgehead atoms. The number of hydrogen-bond acceptors (Lipinski definition) is 1. The minimum Gasteiger partial charge on any atom is -0.396 e. The molecule has 3 heteroatoms. The average Bonchev–Trinajstić information content (AvgIpc) is 2.60. The van der Waals surface area contributed by atoms with Crippen LogP contribution in [0.1, 0.15) is 24.8 Å². The van der Waals surface area contributed by atoms with E-state index in [2.05, 4.69) is 40.0 Å². The Morgan fingerprint density at radius 2 is 2.27 bits per heavy atom. The summed E-state index contributed by atoms with van der Waals surface area (Å²) >= 11 is 3.48. The van der Waals surface area contributed by atoms with Crippen molar-refractivity contribution in [2.45, 2.75) is 19.3 Å². The Labute approximate surface area is 97.4 Å². The van der Waals surface area contributed by atoms with E-state index >= 15 is 0 Å². The number of aliphatic hydroxyl groups is 1. The summed E-state index contributed by atoms with van der Waals surface area (Å²) in [5.41, 5.74) is 2.43. The molecule has 2 aromatic rings. The molecule has 0 fully saturated rings. The van der Waals surface area contributed by atoms with Gasteiger partial charge in [-0.2, -0.15) is 0 Å². The highest BCUT2D eigenvalue weighted by Gasteiger charge is 2.10. The molecule has 2 N–H and O–H groups in total. The van der Waals surface area contributed by atoms with E-state index in [-0.39, 0.29) is 6.61 Å². The Morgan fingerprint density at radius 1 is 1.47 bits per heavy atom. The molecule has 0 amide bonds. The van der Waals surface area contributed by atoms with Crippen LogP contribution in [0, 0.1) is 0 Å². The molecule has 1 aromatic carbocycles. The third-order valence-electron chi connectivity index (χ3n) is 2.77. The van der Waals surface area contributed by atoms with Crippen LogP contribution in [0.15, 0.2) is 28.9 Å². The van der Waals surface area contributed by atoms with Gasteiger partial charge in [-0.05, 0) is 36.1 Å². The molecule has 0 saturated heterocycles. The number of rotatable bonds is 3. The molecule has 0 saturated carbocycles. The number of aromatic amines is 1. The summed E-state index contributed by atoms with van der Waals surface area (Å²) in [7, 11) is 0. The summed E-state index contributed by atoms with van der Waals surface area (Å²) in [5, 5.41) is 10.2. The molecule has 0 aliphatic carbocycles. The van der Waals surface area contributed by atoms with Crippen molar-refractivity contribution >= 4 is 26.8 Å². The molecule has 1 aromatic heterocycles. The van der Waals surface area contributed by atoms with Crippen LogP contribution in [0.3, 0.4) is 0 Å². The van der Waals surface area contributed by atoms with Crippen molar-refractivity contribution in [1.29, 1.82) is 0 Å². The number of H-pyrrole nitrogens is 1. The van der Waals surface area contributed by atoms with Crippen molar-refractivity contribution in [1.82, 2.24) is 4.98 Å². The molecule has 0 spiro atoms. The topological polar surface area (TPSA) is 36.0 Å². The fourth-order valence-corrected chi connectivity index (χ4v) is 2.23. The number of aromatic nitrogens is 1. The summed E-state index contributed by atoms with van der Waals surface area (Å²) < 4.78 is 1.09. The summed E-state index contributed by atoms with van der Waals surface area (Å²) in [4.78, 5) is 3.25. The molecule has 2 rings (SSSR count). The monoisotopic (exact) mass is 267 g/mol. The SMILES string of the molecule is C[C@H](CCO)c1c[nH]c2ccc(Br)cc12. The van der Waals surface area contributed by atoms with E-state index in [1.807, 2.05) is 12.3 Å². The first-order chi connectivity index (χ1) is 7.22. The van der Waals surface area contributed by atoms with Crippen LogP contribution >= 0.6 is 15.9 Å². The van der Waals surface area contributed by atoms with E-state index in [1.165, 1.54) is 10.9 Å². The summed E-state index contributed by atoms with van der Waals surface area (Å²) in [6.45, 7) is 2.38. The zero-order valence-corrected chi connectivity index (χ0v) is 10.2. The molecule has 0 aliphatic heterocycles. The van der Waals surface area contributed by atoms with Gasteiger partial charge >= 0.3 is 0 Å². The van der Waals surface area contributed by atoms with Gasteiger partial charge in [0.1, 0.15) is 0 Å². The van der Waals surface area contributed by atoms with Gasteiger partial charge in [0.15, 0.2) is 0 Å². The van der Waals surface area contributed by atoms with Gasteiger partial charge < -0.3 is 10.1 Å². The lowest BCUT2D eigenvalue weighted by Crippen LogP contribution is -1.95. The second kappa shape index (κ2) is 4.37. The summed E-state index contributed by atoms with van der Waals surface area (Å²) in [5.74, 6) is 0.387. The second-order valence-electron chi connectivity index (χ2n) is 3.85. The van der Waals surface area contributed by atoms with E-state index < -0.39 is 0 Å². The highest BCUT2D eigenvalue weighted by Crippen LogP contribution is 2.29. The second-order valence-corrected chi connectivity index (χ2v) is 4.76. The number of halogens is 1. The minimum absolute atomic E-state index is 0.238. The van der Waals surface area contributed by atoms with Crippen molar-refractivity contribution in [3.63, 3.8) is 0 Å². The van der Waals surface area contributed by atoms with Crippen LogP contribution in [-0.4, -0.2) is 16.7 Å². The Morgan fingerprint density at radius 3 is 3.00 bits per heavy atom. The molecule has 0 unspecified atom stereocenters. The van der Waals surface area contributed by atoms with Gasteiger partial charge in [-0.15, -0.1) is 0 Å². The molecule has 80 valence electrons. The third-order valence-corrected chi connectivity index (χ3v) is 3.26. The van der Waals surface area contributed by atoms with Gasteiger partial charge in [0.2, 0.25) is 0 Å². The van der Waals surface area contributed by atoms with Crippen molar-refractivity contribution in [3.8, 4) is 0 Å². The maximum atomic E-state index is 8.94. The van der Waals surface area contributed by atoms with E-state index in [1.54, 1.807) is 0 Å². The van der Waals surface area contributed by atoms with Crippen molar-refractivity contribution in [3.05, 3.63) is 34.4 Å². The predicted octanol–water partition coefficient (Wildman–Crippen LogP) is 3.42. The molecule has 0 aliphatic rings. The lowest BCUT2D eigenvalue weighted by atomic mass is 9.98. The van der Waals surface area contributed by atoms with Gasteiger partial charge in [0, 0.05) is 28.2 Å². The lowest BCUT2D eigenvalue weighted by molar-refractivity contribution is 0.279. The molecule has 15 heavy (non-hydrogen) atoms. The first-order valence-corrected chi connectivity index (χ1v) is 5.89. The fraction of sp³-hybridized carbons (Fsp3) is 0.333. The quantitative estimate of drug-likeness (QED) is 0.879. The first kappa shape index (κ1) is 10.7. The maximum Gasteiger partial charge on any atom is 0.0457 e. The minimum atomic E-state index is 0.238. The lowest BCUT2D eigenvalue weighted by Gasteiger charge is -2.08. The first-order valence-electron chi connectivity index (χ1n) is 5.09. The average molecular weight is 268 g/mol. The number of fused-ring (bicyclic) bond motifs is 1. The molecular weight excluding hydrogens is 254 g/mol. The van der Waals surface area contributed by atoms with Crippen molar-refractivity contribution in [2.75, 3.05) is 6.61 Å². The summed E-state index contributed by atoms with van der Waals surface area (Å²) in [6, 6.07) is 6.21. The van der Waals surface area contributed by atoms with Crippen LogP contribution in [0.4, 0.5) is 0 Å². The zero-order valence-electron chi connectivity index (χ0n) is 8.63. The molecule has 1 heterocycles. The largest absolute Gasteiger partial charge is 0.396 e. The van der Waals surface area contributed by atoms with Crippen LogP contribution < -0.4 is 0 Å². The molecule has 0 radical (unpaired) electrons. The van der Waals surface area contributed by atoms with Gasteiger partial charge in [0.05, 0.1) is 0 Å². The molecule has 1 atom stereocenters. The predicted molar refractivity (Wildman–Crippen MR) is 66.1 cm³/mol. The fourth-order valence-electron chi connectivity index (χ4n) is 1.87. The zero-order chi connectivity index (χ0) is 10.8. The Bertz CT molecular complexity index is 464. The van der Waals surface area contributed by atoms with Crippen molar-refractivity contribution < 1.29 is 5.11 Å². The number of nitrogens with one attached hydrogen (secondary N) is 1. The van der Waals surface area contributed by atoms with Gasteiger partial charge in [0.25, 0.3) is 0 Å². The number of hydrogen-bond donors (Lipinski definition) is 2. The van der Waals surface area contributed by atoms with Crippen LogP contribution in [0.5, 0.6) is 0 Å². The normalized spacial score (nSPS) is 13.3. The number of benzene rings is 1. The Hall–Kier alpha value is -0.800. The van der Waals surface area contributed by atoms with E-state index in [9.17, 15) is 0 Å². The highest BCUT2D eigenvalue weighted by atomic mass is 79.9. The highest BCUT2D eigenvalue weighted by molar-refractivity contribution is 9.10.